The fraction of sp³-hybridized carbons (Fsp3) is 0.250. The molecular weight excluding hydrogens is 334 g/mol. The van der Waals surface area contributed by atoms with E-state index in [0.29, 0.717) is 6.54 Å². The van der Waals surface area contributed by atoms with Crippen LogP contribution in [0.4, 0.5) is 5.69 Å². The van der Waals surface area contributed by atoms with Gasteiger partial charge in [0.2, 0.25) is 0 Å². The minimum Gasteiger partial charge on any atom is -0.385 e. The first-order chi connectivity index (χ1) is 11.8. The number of rotatable bonds is 4. The van der Waals surface area contributed by atoms with E-state index in [0.717, 1.165) is 48.1 Å². The number of amides is 1. The van der Waals surface area contributed by atoms with Crippen molar-refractivity contribution in [2.45, 2.75) is 19.3 Å². The number of aromatic amines is 1. The summed E-state index contributed by atoms with van der Waals surface area (Å²) in [6, 6.07) is 14.2. The van der Waals surface area contributed by atoms with Crippen molar-refractivity contribution in [3.63, 3.8) is 0 Å². The fourth-order valence-corrected chi connectivity index (χ4v) is 3.47. The van der Waals surface area contributed by atoms with Gasteiger partial charge in [0.15, 0.2) is 0 Å². The van der Waals surface area contributed by atoms with Crippen LogP contribution in [0.5, 0.6) is 0 Å². The number of anilines is 1. The number of carbonyl (C=O) groups is 1. The third kappa shape index (κ3) is 3.49. The minimum absolute atomic E-state index is 0. The molecule has 25 heavy (non-hydrogen) atoms. The van der Waals surface area contributed by atoms with Gasteiger partial charge in [-0.2, -0.15) is 0 Å². The maximum absolute atomic E-state index is 12.6. The maximum Gasteiger partial charge on any atom is 0.251 e. The zero-order valence-corrected chi connectivity index (χ0v) is 14.8. The number of benzene rings is 2. The Morgan fingerprint density at radius 1 is 1.12 bits per heavy atom. The SMILES string of the molecule is Cl.O=C(NCCc1c[nH]c2ccccc12)c1cccc2c1CCCN2. The summed E-state index contributed by atoms with van der Waals surface area (Å²) in [6.07, 6.45) is 4.90. The molecule has 2 heterocycles. The Labute approximate surface area is 153 Å². The van der Waals surface area contributed by atoms with Crippen LogP contribution < -0.4 is 10.6 Å². The van der Waals surface area contributed by atoms with Crippen molar-refractivity contribution in [2.75, 3.05) is 18.4 Å². The van der Waals surface area contributed by atoms with Crippen LogP contribution in [0.25, 0.3) is 10.9 Å². The third-order valence-electron chi connectivity index (χ3n) is 4.69. The number of carbonyl (C=O) groups excluding carboxylic acids is 1. The van der Waals surface area contributed by atoms with Crippen molar-refractivity contribution in [1.82, 2.24) is 10.3 Å². The molecule has 4 nitrogen and oxygen atoms in total. The number of H-pyrrole nitrogens is 1. The number of para-hydroxylation sites is 1. The van der Waals surface area contributed by atoms with E-state index in [1.165, 1.54) is 10.9 Å². The van der Waals surface area contributed by atoms with Gasteiger partial charge in [-0.25, -0.2) is 0 Å². The third-order valence-corrected chi connectivity index (χ3v) is 4.69. The Morgan fingerprint density at radius 2 is 2.00 bits per heavy atom. The van der Waals surface area contributed by atoms with Gasteiger partial charge < -0.3 is 15.6 Å². The van der Waals surface area contributed by atoms with Crippen LogP contribution in [-0.2, 0) is 12.8 Å². The van der Waals surface area contributed by atoms with E-state index in [1.54, 1.807) is 0 Å². The molecule has 0 atom stereocenters. The molecule has 3 aromatic rings. The highest BCUT2D eigenvalue weighted by atomic mass is 35.5. The normalized spacial score (nSPS) is 12.8. The Balaban J connectivity index is 0.00000182. The van der Waals surface area contributed by atoms with Crippen LogP contribution >= 0.6 is 12.4 Å². The van der Waals surface area contributed by atoms with Crippen LogP contribution in [0.3, 0.4) is 0 Å². The lowest BCUT2D eigenvalue weighted by Gasteiger charge is -2.20. The molecule has 2 aromatic carbocycles. The van der Waals surface area contributed by atoms with Crippen molar-refractivity contribution in [2.24, 2.45) is 0 Å². The Hall–Kier alpha value is -2.46. The average molecular weight is 356 g/mol. The first-order valence-corrected chi connectivity index (χ1v) is 8.52. The zero-order valence-electron chi connectivity index (χ0n) is 14.0. The van der Waals surface area contributed by atoms with Crippen LogP contribution in [0.15, 0.2) is 48.7 Å². The Kier molecular flexibility index (Phi) is 5.29. The van der Waals surface area contributed by atoms with E-state index in [2.05, 4.69) is 33.8 Å². The van der Waals surface area contributed by atoms with Crippen molar-refractivity contribution < 1.29 is 4.79 Å². The van der Waals surface area contributed by atoms with Gasteiger partial charge in [0.05, 0.1) is 0 Å². The zero-order chi connectivity index (χ0) is 16.4. The largest absolute Gasteiger partial charge is 0.385 e. The lowest BCUT2D eigenvalue weighted by Crippen LogP contribution is -2.27. The smallest absolute Gasteiger partial charge is 0.251 e. The first-order valence-electron chi connectivity index (χ1n) is 8.52. The fourth-order valence-electron chi connectivity index (χ4n) is 3.47. The molecule has 1 aliphatic heterocycles. The first kappa shape index (κ1) is 17.4. The number of halogens is 1. The molecule has 130 valence electrons. The molecule has 5 heteroatoms. The maximum atomic E-state index is 12.6. The summed E-state index contributed by atoms with van der Waals surface area (Å²) in [7, 11) is 0. The van der Waals surface area contributed by atoms with Crippen molar-refractivity contribution >= 4 is 34.9 Å². The lowest BCUT2D eigenvalue weighted by atomic mass is 9.97. The van der Waals surface area contributed by atoms with E-state index in [-0.39, 0.29) is 18.3 Å². The van der Waals surface area contributed by atoms with E-state index < -0.39 is 0 Å². The molecule has 0 radical (unpaired) electrons. The van der Waals surface area contributed by atoms with Crippen LogP contribution in [-0.4, -0.2) is 24.0 Å². The lowest BCUT2D eigenvalue weighted by molar-refractivity contribution is 0.0953. The second-order valence-corrected chi connectivity index (χ2v) is 6.23. The summed E-state index contributed by atoms with van der Waals surface area (Å²) in [6.45, 7) is 1.62. The predicted octanol–water partition coefficient (Wildman–Crippen LogP) is 3.92. The molecule has 0 saturated carbocycles. The second kappa shape index (κ2) is 7.62. The van der Waals surface area contributed by atoms with Gasteiger partial charge in [0.1, 0.15) is 0 Å². The molecule has 0 saturated heterocycles. The summed E-state index contributed by atoms with van der Waals surface area (Å²) in [5, 5.41) is 7.67. The molecular formula is C20H22ClN3O. The summed E-state index contributed by atoms with van der Waals surface area (Å²) in [5.74, 6) is 0.0235. The monoisotopic (exact) mass is 355 g/mol. The van der Waals surface area contributed by atoms with Crippen molar-refractivity contribution in [3.05, 3.63) is 65.4 Å². The quantitative estimate of drug-likeness (QED) is 0.664. The Morgan fingerprint density at radius 3 is 2.92 bits per heavy atom. The molecule has 4 rings (SSSR count). The van der Waals surface area contributed by atoms with Crippen LogP contribution in [0, 0.1) is 0 Å². The highest BCUT2D eigenvalue weighted by Gasteiger charge is 2.17. The second-order valence-electron chi connectivity index (χ2n) is 6.23. The molecule has 0 spiro atoms. The Bertz CT molecular complexity index is 888. The number of nitrogens with one attached hydrogen (secondary N) is 3. The molecule has 3 N–H and O–H groups in total. The molecule has 0 unspecified atom stereocenters. The topological polar surface area (TPSA) is 56.9 Å². The molecule has 1 aromatic heterocycles. The molecule has 1 aliphatic rings. The van der Waals surface area contributed by atoms with Gasteiger partial charge in [0.25, 0.3) is 5.91 Å². The van der Waals surface area contributed by atoms with Gasteiger partial charge in [-0.3, -0.25) is 4.79 Å². The van der Waals surface area contributed by atoms with E-state index in [1.807, 2.05) is 30.5 Å². The minimum atomic E-state index is 0. The number of hydrogen-bond acceptors (Lipinski definition) is 2. The number of hydrogen-bond donors (Lipinski definition) is 3. The van der Waals surface area contributed by atoms with Crippen LogP contribution in [0.1, 0.15) is 27.9 Å². The predicted molar refractivity (Wildman–Crippen MR) is 105 cm³/mol. The summed E-state index contributed by atoms with van der Waals surface area (Å²) >= 11 is 0. The number of aromatic nitrogens is 1. The average Bonchev–Trinajstić information content (AvgIpc) is 3.04. The molecule has 1 amide bonds. The summed E-state index contributed by atoms with van der Waals surface area (Å²) < 4.78 is 0. The summed E-state index contributed by atoms with van der Waals surface area (Å²) in [4.78, 5) is 15.8. The van der Waals surface area contributed by atoms with Gasteiger partial charge in [-0.1, -0.05) is 24.3 Å². The van der Waals surface area contributed by atoms with Gasteiger partial charge in [-0.05, 0) is 48.6 Å². The van der Waals surface area contributed by atoms with Crippen molar-refractivity contribution in [1.29, 1.82) is 0 Å². The van der Waals surface area contributed by atoms with E-state index in [4.69, 9.17) is 0 Å². The van der Waals surface area contributed by atoms with Crippen LogP contribution in [0.2, 0.25) is 0 Å². The van der Waals surface area contributed by atoms with E-state index >= 15 is 0 Å². The van der Waals surface area contributed by atoms with E-state index in [9.17, 15) is 4.79 Å². The highest BCUT2D eigenvalue weighted by Crippen LogP contribution is 2.25. The van der Waals surface area contributed by atoms with Gasteiger partial charge >= 0.3 is 0 Å². The van der Waals surface area contributed by atoms with Gasteiger partial charge in [0, 0.05) is 41.4 Å². The van der Waals surface area contributed by atoms with Gasteiger partial charge in [-0.15, -0.1) is 12.4 Å². The molecule has 0 bridgehead atoms. The van der Waals surface area contributed by atoms with Crippen molar-refractivity contribution in [3.8, 4) is 0 Å². The number of fused-ring (bicyclic) bond motifs is 2. The molecule has 0 aliphatic carbocycles. The standard InChI is InChI=1S/C20H21N3O.ClH/c24-20(17-6-3-9-19-16(17)7-4-11-21-19)22-12-10-14-13-23-18-8-2-1-5-15(14)18;/h1-3,5-6,8-9,13,21,23H,4,7,10-12H2,(H,22,24);1H. The highest BCUT2D eigenvalue weighted by molar-refractivity contribution is 5.97. The summed E-state index contributed by atoms with van der Waals surface area (Å²) in [5.41, 5.74) is 5.43. The molecule has 0 fully saturated rings.